The summed E-state index contributed by atoms with van der Waals surface area (Å²) in [4.78, 5) is 39.4. The SMILES string of the molecule is O=C(NCCN1C(=O)CSC1=O)c1cncc(Br)c1. The van der Waals surface area contributed by atoms with Gasteiger partial charge < -0.3 is 5.32 Å². The van der Waals surface area contributed by atoms with E-state index in [4.69, 9.17) is 0 Å². The lowest BCUT2D eigenvalue weighted by atomic mass is 10.3. The van der Waals surface area contributed by atoms with Crippen molar-refractivity contribution in [1.29, 1.82) is 0 Å². The molecule has 6 nitrogen and oxygen atoms in total. The fraction of sp³-hybridized carbons (Fsp3) is 0.273. The highest BCUT2D eigenvalue weighted by atomic mass is 79.9. The standard InChI is InChI=1S/C11H10BrN3O3S/c12-8-3-7(4-13-5-8)10(17)14-1-2-15-9(16)6-19-11(15)18/h3-5H,1-2,6H2,(H,14,17). The van der Waals surface area contributed by atoms with E-state index in [-0.39, 0.29) is 35.9 Å². The highest BCUT2D eigenvalue weighted by Crippen LogP contribution is 2.17. The Morgan fingerprint density at radius 2 is 2.26 bits per heavy atom. The molecule has 1 N–H and O–H groups in total. The van der Waals surface area contributed by atoms with Crippen LogP contribution in [0.25, 0.3) is 0 Å². The van der Waals surface area contributed by atoms with Crippen molar-refractivity contribution in [1.82, 2.24) is 15.2 Å². The first-order chi connectivity index (χ1) is 9.08. The molecule has 0 radical (unpaired) electrons. The lowest BCUT2D eigenvalue weighted by Crippen LogP contribution is -2.37. The summed E-state index contributed by atoms with van der Waals surface area (Å²) in [6, 6.07) is 1.64. The second-order valence-corrected chi connectivity index (χ2v) is 5.59. The van der Waals surface area contributed by atoms with E-state index in [0.717, 1.165) is 16.7 Å². The third-order valence-electron chi connectivity index (χ3n) is 2.43. The van der Waals surface area contributed by atoms with Crippen LogP contribution in [-0.2, 0) is 4.79 Å². The Labute approximate surface area is 122 Å². The molecule has 1 fully saturated rings. The maximum atomic E-state index is 11.8. The number of pyridine rings is 1. The molecule has 0 atom stereocenters. The number of carbonyl (C=O) groups is 3. The number of hydrogen-bond donors (Lipinski definition) is 1. The predicted molar refractivity (Wildman–Crippen MR) is 73.8 cm³/mol. The maximum Gasteiger partial charge on any atom is 0.288 e. The topological polar surface area (TPSA) is 79.4 Å². The largest absolute Gasteiger partial charge is 0.350 e. The summed E-state index contributed by atoms with van der Waals surface area (Å²) in [5, 5.41) is 2.38. The number of thioether (sulfide) groups is 1. The van der Waals surface area contributed by atoms with Gasteiger partial charge in [-0.2, -0.15) is 0 Å². The van der Waals surface area contributed by atoms with Crippen LogP contribution in [0.3, 0.4) is 0 Å². The van der Waals surface area contributed by atoms with Crippen LogP contribution in [0.1, 0.15) is 10.4 Å². The average molecular weight is 344 g/mol. The second kappa shape index (κ2) is 6.16. The van der Waals surface area contributed by atoms with Crippen LogP contribution >= 0.6 is 27.7 Å². The molecule has 2 heterocycles. The minimum Gasteiger partial charge on any atom is -0.350 e. The van der Waals surface area contributed by atoms with Crippen molar-refractivity contribution >= 4 is 44.7 Å². The molecule has 19 heavy (non-hydrogen) atoms. The summed E-state index contributed by atoms with van der Waals surface area (Å²) in [5.74, 6) is -0.323. The van der Waals surface area contributed by atoms with E-state index in [9.17, 15) is 14.4 Å². The molecular weight excluding hydrogens is 334 g/mol. The van der Waals surface area contributed by atoms with E-state index in [1.165, 1.54) is 6.20 Å². The molecule has 0 unspecified atom stereocenters. The highest BCUT2D eigenvalue weighted by molar-refractivity contribution is 9.10. The normalized spacial score (nSPS) is 14.9. The van der Waals surface area contributed by atoms with E-state index in [1.54, 1.807) is 12.3 Å². The van der Waals surface area contributed by atoms with Gasteiger partial charge >= 0.3 is 0 Å². The number of hydrogen-bond acceptors (Lipinski definition) is 5. The maximum absolute atomic E-state index is 11.8. The van der Waals surface area contributed by atoms with Crippen LogP contribution < -0.4 is 5.32 Å². The zero-order valence-corrected chi connectivity index (χ0v) is 12.2. The van der Waals surface area contributed by atoms with Gasteiger partial charge in [0, 0.05) is 30.0 Å². The van der Waals surface area contributed by atoms with Crippen LogP contribution in [-0.4, -0.2) is 45.8 Å². The molecule has 1 aromatic rings. The van der Waals surface area contributed by atoms with Crippen molar-refractivity contribution in [2.24, 2.45) is 0 Å². The van der Waals surface area contributed by atoms with Gasteiger partial charge in [-0.05, 0) is 22.0 Å². The van der Waals surface area contributed by atoms with Crippen LogP contribution in [0.15, 0.2) is 22.9 Å². The summed E-state index contributed by atoms with van der Waals surface area (Å²) in [6.45, 7) is 0.418. The lowest BCUT2D eigenvalue weighted by Gasteiger charge is -2.13. The van der Waals surface area contributed by atoms with Gasteiger partial charge in [-0.15, -0.1) is 0 Å². The number of amides is 3. The van der Waals surface area contributed by atoms with Crippen molar-refractivity contribution < 1.29 is 14.4 Å². The van der Waals surface area contributed by atoms with Gasteiger partial charge in [-0.25, -0.2) is 0 Å². The molecule has 8 heteroatoms. The summed E-state index contributed by atoms with van der Waals surface area (Å²) >= 11 is 4.20. The molecule has 1 saturated heterocycles. The van der Waals surface area contributed by atoms with Gasteiger partial charge in [0.25, 0.3) is 11.1 Å². The zero-order valence-electron chi connectivity index (χ0n) is 9.76. The molecule has 0 aromatic carbocycles. The number of aromatic nitrogens is 1. The molecule has 0 spiro atoms. The van der Waals surface area contributed by atoms with Crippen LogP contribution in [0.2, 0.25) is 0 Å². The van der Waals surface area contributed by atoms with Gasteiger partial charge in [-0.1, -0.05) is 11.8 Å². The Bertz CT molecular complexity index is 522. The second-order valence-electron chi connectivity index (χ2n) is 3.75. The highest BCUT2D eigenvalue weighted by Gasteiger charge is 2.29. The number of nitrogens with one attached hydrogen (secondary N) is 1. The van der Waals surface area contributed by atoms with Crippen molar-refractivity contribution in [3.63, 3.8) is 0 Å². The van der Waals surface area contributed by atoms with Crippen molar-refractivity contribution in [3.8, 4) is 0 Å². The lowest BCUT2D eigenvalue weighted by molar-refractivity contribution is -0.124. The Morgan fingerprint density at radius 1 is 1.47 bits per heavy atom. The summed E-state index contributed by atoms with van der Waals surface area (Å²) in [5.41, 5.74) is 0.419. The molecule has 3 amide bonds. The van der Waals surface area contributed by atoms with E-state index in [0.29, 0.717) is 10.0 Å². The minimum absolute atomic E-state index is 0.183. The Hall–Kier alpha value is -1.41. The number of imide groups is 1. The zero-order chi connectivity index (χ0) is 13.8. The van der Waals surface area contributed by atoms with Gasteiger partial charge in [0.1, 0.15) is 0 Å². The van der Waals surface area contributed by atoms with Crippen LogP contribution in [0.5, 0.6) is 0 Å². The Kier molecular flexibility index (Phi) is 4.54. The minimum atomic E-state index is -0.291. The van der Waals surface area contributed by atoms with Crippen molar-refractivity contribution in [2.75, 3.05) is 18.8 Å². The van der Waals surface area contributed by atoms with E-state index in [1.807, 2.05) is 0 Å². The van der Waals surface area contributed by atoms with E-state index < -0.39 is 0 Å². The molecule has 1 aliphatic heterocycles. The summed E-state index contributed by atoms with van der Waals surface area (Å²) < 4.78 is 0.710. The smallest absolute Gasteiger partial charge is 0.288 e. The first kappa shape index (κ1) is 14.0. The fourth-order valence-corrected chi connectivity index (χ4v) is 2.63. The fourth-order valence-electron chi connectivity index (χ4n) is 1.52. The summed E-state index contributed by atoms with van der Waals surface area (Å²) in [7, 11) is 0. The van der Waals surface area contributed by atoms with Crippen LogP contribution in [0.4, 0.5) is 4.79 Å². The molecule has 0 bridgehead atoms. The van der Waals surface area contributed by atoms with Crippen LogP contribution in [0, 0.1) is 0 Å². The van der Waals surface area contributed by atoms with Gasteiger partial charge in [0.2, 0.25) is 5.91 Å². The number of nitrogens with zero attached hydrogens (tertiary/aromatic N) is 2. The molecule has 100 valence electrons. The van der Waals surface area contributed by atoms with E-state index >= 15 is 0 Å². The quantitative estimate of drug-likeness (QED) is 0.890. The number of rotatable bonds is 4. The molecule has 1 aliphatic rings. The monoisotopic (exact) mass is 343 g/mol. The van der Waals surface area contributed by atoms with Crippen molar-refractivity contribution in [3.05, 3.63) is 28.5 Å². The number of halogens is 1. The Balaban J connectivity index is 1.84. The third-order valence-corrected chi connectivity index (χ3v) is 3.72. The third kappa shape index (κ3) is 3.54. The van der Waals surface area contributed by atoms with E-state index in [2.05, 4.69) is 26.2 Å². The molecule has 1 aromatic heterocycles. The molecular formula is C11H10BrN3O3S. The predicted octanol–water partition coefficient (Wildman–Crippen LogP) is 1.27. The molecule has 2 rings (SSSR count). The average Bonchev–Trinajstić information content (AvgIpc) is 2.70. The number of carbonyl (C=O) groups excluding carboxylic acids is 3. The first-order valence-corrected chi connectivity index (χ1v) is 7.21. The molecule has 0 saturated carbocycles. The van der Waals surface area contributed by atoms with Gasteiger partial charge in [-0.3, -0.25) is 24.3 Å². The van der Waals surface area contributed by atoms with Crippen molar-refractivity contribution in [2.45, 2.75) is 0 Å². The first-order valence-electron chi connectivity index (χ1n) is 5.44. The van der Waals surface area contributed by atoms with Gasteiger partial charge in [0.05, 0.1) is 11.3 Å². The van der Waals surface area contributed by atoms with Gasteiger partial charge in [0.15, 0.2) is 0 Å². The molecule has 0 aliphatic carbocycles. The summed E-state index contributed by atoms with van der Waals surface area (Å²) in [6.07, 6.45) is 3.03. The Morgan fingerprint density at radius 3 is 2.89 bits per heavy atom.